The van der Waals surface area contributed by atoms with Crippen LogP contribution in [-0.4, -0.2) is 63.2 Å². The summed E-state index contributed by atoms with van der Waals surface area (Å²) >= 11 is 0. The maximum Gasteiger partial charge on any atom is 0.254 e. The van der Waals surface area contributed by atoms with E-state index in [0.717, 1.165) is 0 Å². The van der Waals surface area contributed by atoms with Crippen LogP contribution in [0.25, 0.3) is 0 Å². The van der Waals surface area contributed by atoms with Crippen LogP contribution < -0.4 is 0 Å². The van der Waals surface area contributed by atoms with Crippen LogP contribution >= 0.6 is 0 Å². The van der Waals surface area contributed by atoms with Gasteiger partial charge in [-0.3, -0.25) is 4.79 Å². The van der Waals surface area contributed by atoms with Crippen molar-refractivity contribution in [1.82, 2.24) is 4.90 Å². The Bertz CT molecular complexity index is 327. The number of hydrogen-bond acceptors (Lipinski definition) is 4. The third kappa shape index (κ3) is 3.37. The lowest BCUT2D eigenvalue weighted by atomic mass is 9.99. The van der Waals surface area contributed by atoms with Gasteiger partial charge in [-0.25, -0.2) is 0 Å². The quantitative estimate of drug-likeness (QED) is 0.590. The van der Waals surface area contributed by atoms with Gasteiger partial charge in [0.2, 0.25) is 0 Å². The summed E-state index contributed by atoms with van der Waals surface area (Å²) in [7, 11) is -0.277. The Morgan fingerprint density at radius 1 is 1.37 bits per heavy atom. The van der Waals surface area contributed by atoms with Crippen molar-refractivity contribution in [3.05, 3.63) is 0 Å². The van der Waals surface area contributed by atoms with Gasteiger partial charge in [-0.05, 0) is 18.1 Å². The molecule has 1 rings (SSSR count). The molecule has 0 aromatic carbocycles. The molecule has 1 aliphatic rings. The maximum atomic E-state index is 11.8. The van der Waals surface area contributed by atoms with Crippen molar-refractivity contribution < 1.29 is 19.1 Å². The van der Waals surface area contributed by atoms with E-state index in [1.54, 1.807) is 4.90 Å². The number of nitrogens with zero attached hydrogens (tertiary/aromatic N) is 1. The molecule has 6 heteroatoms. The number of methoxy groups -OCH3 is 1. The fraction of sp³-hybridized carbons (Fsp3) is 0.923. The van der Waals surface area contributed by atoms with Crippen LogP contribution in [-0.2, 0) is 14.0 Å². The summed E-state index contributed by atoms with van der Waals surface area (Å²) in [5, 5.41) is 9.42. The monoisotopic (exact) mass is 289 g/mol. The number of ether oxygens (including phenoxy) is 1. The lowest BCUT2D eigenvalue weighted by molar-refractivity contribution is -0.174. The minimum absolute atomic E-state index is 0.0552. The summed E-state index contributed by atoms with van der Waals surface area (Å²) in [5.74, 6) is -0.0552. The Morgan fingerprint density at radius 3 is 2.37 bits per heavy atom. The van der Waals surface area contributed by atoms with Gasteiger partial charge < -0.3 is 19.2 Å². The predicted molar refractivity (Wildman–Crippen MR) is 76.5 cm³/mol. The molecule has 0 bridgehead atoms. The Morgan fingerprint density at radius 2 is 1.95 bits per heavy atom. The minimum Gasteiger partial charge on any atom is -0.415 e. The molecule has 1 N–H and O–H groups in total. The molecule has 112 valence electrons. The first-order chi connectivity index (χ1) is 8.65. The van der Waals surface area contributed by atoms with Crippen LogP contribution in [0.5, 0.6) is 0 Å². The summed E-state index contributed by atoms with van der Waals surface area (Å²) in [6.45, 7) is 11.9. The van der Waals surface area contributed by atoms with Crippen molar-refractivity contribution in [3.8, 4) is 0 Å². The average Bonchev–Trinajstić information content (AvgIpc) is 2.29. The van der Waals surface area contributed by atoms with E-state index in [1.807, 2.05) is 0 Å². The number of aliphatic hydroxyl groups is 1. The molecule has 0 saturated carbocycles. The Kier molecular flexibility index (Phi) is 5.17. The van der Waals surface area contributed by atoms with Crippen LogP contribution in [0.2, 0.25) is 18.1 Å². The first kappa shape index (κ1) is 16.6. The summed E-state index contributed by atoms with van der Waals surface area (Å²) in [4.78, 5) is 13.4. The molecular formula is C13H27NO4Si. The van der Waals surface area contributed by atoms with Gasteiger partial charge in [0.1, 0.15) is 0 Å². The highest BCUT2D eigenvalue weighted by Crippen LogP contribution is 2.36. The lowest BCUT2D eigenvalue weighted by Gasteiger charge is -2.46. The smallest absolute Gasteiger partial charge is 0.254 e. The SMILES string of the molecule is CO[C@H]1C(=O)N(CCO[Si](C)(C)C(C)(C)C)[C@H]1CO. The molecule has 0 aliphatic carbocycles. The van der Waals surface area contributed by atoms with E-state index in [4.69, 9.17) is 9.16 Å². The van der Waals surface area contributed by atoms with Crippen molar-refractivity contribution in [2.45, 2.75) is 51.0 Å². The second-order valence-electron chi connectivity index (χ2n) is 6.55. The van der Waals surface area contributed by atoms with Crippen molar-refractivity contribution in [2.75, 3.05) is 26.9 Å². The van der Waals surface area contributed by atoms with Gasteiger partial charge >= 0.3 is 0 Å². The van der Waals surface area contributed by atoms with Crippen LogP contribution in [0.3, 0.4) is 0 Å². The molecule has 1 fully saturated rings. The van der Waals surface area contributed by atoms with Crippen molar-refractivity contribution >= 4 is 14.2 Å². The van der Waals surface area contributed by atoms with E-state index < -0.39 is 14.4 Å². The Balaban J connectivity index is 2.44. The molecule has 0 aromatic rings. The summed E-state index contributed by atoms with van der Waals surface area (Å²) in [5.41, 5.74) is 0. The van der Waals surface area contributed by atoms with E-state index in [9.17, 15) is 9.90 Å². The fourth-order valence-electron chi connectivity index (χ4n) is 1.92. The highest BCUT2D eigenvalue weighted by atomic mass is 28.4. The van der Waals surface area contributed by atoms with Crippen LogP contribution in [0, 0.1) is 0 Å². The minimum atomic E-state index is -1.77. The second-order valence-corrected chi connectivity index (χ2v) is 11.4. The molecule has 1 amide bonds. The normalized spacial score (nSPS) is 24.6. The van der Waals surface area contributed by atoms with Gasteiger partial charge in [0.15, 0.2) is 14.4 Å². The van der Waals surface area contributed by atoms with Gasteiger partial charge in [0.05, 0.1) is 19.3 Å². The number of hydrogen-bond donors (Lipinski definition) is 1. The number of aliphatic hydroxyl groups excluding tert-OH is 1. The van der Waals surface area contributed by atoms with Gasteiger partial charge in [-0.2, -0.15) is 0 Å². The molecule has 1 heterocycles. The average molecular weight is 289 g/mol. The molecule has 19 heavy (non-hydrogen) atoms. The van der Waals surface area contributed by atoms with Crippen molar-refractivity contribution in [1.29, 1.82) is 0 Å². The van der Waals surface area contributed by atoms with Crippen molar-refractivity contribution in [3.63, 3.8) is 0 Å². The zero-order chi connectivity index (χ0) is 14.8. The molecule has 0 aromatic heterocycles. The first-order valence-corrected chi connectivity index (χ1v) is 9.64. The van der Waals surface area contributed by atoms with Crippen LogP contribution in [0.1, 0.15) is 20.8 Å². The zero-order valence-corrected chi connectivity index (χ0v) is 13.9. The third-order valence-electron chi connectivity index (χ3n) is 4.32. The van der Waals surface area contributed by atoms with Gasteiger partial charge in [0.25, 0.3) is 5.91 Å². The summed E-state index contributed by atoms with van der Waals surface area (Å²) < 4.78 is 11.1. The Labute approximate surface area is 117 Å². The number of likely N-dealkylation sites (tertiary alicyclic amines) is 1. The largest absolute Gasteiger partial charge is 0.415 e. The fourth-order valence-corrected chi connectivity index (χ4v) is 2.95. The van der Waals surface area contributed by atoms with Crippen LogP contribution in [0.15, 0.2) is 0 Å². The molecule has 1 aliphatic heterocycles. The maximum absolute atomic E-state index is 11.8. The second kappa shape index (κ2) is 5.91. The molecule has 1 saturated heterocycles. The molecule has 0 unspecified atom stereocenters. The standard InChI is InChI=1S/C13H27NO4Si/c1-13(2,3)19(5,6)18-8-7-14-10(9-15)11(17-4)12(14)16/h10-11,15H,7-9H2,1-6H3/t10-,11+/m0/s1. The lowest BCUT2D eigenvalue weighted by Crippen LogP contribution is -2.67. The third-order valence-corrected chi connectivity index (χ3v) is 8.86. The number of amides is 1. The number of carbonyl (C=O) groups excluding carboxylic acids is 1. The molecular weight excluding hydrogens is 262 g/mol. The zero-order valence-electron chi connectivity index (χ0n) is 12.9. The van der Waals surface area contributed by atoms with E-state index in [0.29, 0.717) is 13.2 Å². The summed E-state index contributed by atoms with van der Waals surface area (Å²) in [6.07, 6.45) is -0.488. The topological polar surface area (TPSA) is 59.0 Å². The van der Waals surface area contributed by atoms with Gasteiger partial charge in [0, 0.05) is 13.7 Å². The highest BCUT2D eigenvalue weighted by molar-refractivity contribution is 6.74. The Hall–Kier alpha value is -0.433. The van der Waals surface area contributed by atoms with E-state index >= 15 is 0 Å². The molecule has 2 atom stereocenters. The highest BCUT2D eigenvalue weighted by Gasteiger charge is 2.47. The number of β-lactam (4-membered cyclic amide) rings is 1. The molecule has 0 spiro atoms. The van der Waals surface area contributed by atoms with Gasteiger partial charge in [-0.1, -0.05) is 20.8 Å². The van der Waals surface area contributed by atoms with Gasteiger partial charge in [-0.15, -0.1) is 0 Å². The number of rotatable bonds is 6. The predicted octanol–water partition coefficient (Wildman–Crippen LogP) is 1.23. The van der Waals surface area contributed by atoms with E-state index in [2.05, 4.69) is 33.9 Å². The van der Waals surface area contributed by atoms with E-state index in [1.165, 1.54) is 7.11 Å². The number of carbonyl (C=O) groups is 1. The molecule has 5 nitrogen and oxygen atoms in total. The first-order valence-electron chi connectivity index (χ1n) is 6.74. The summed E-state index contributed by atoms with van der Waals surface area (Å²) in [6, 6.07) is -0.222. The van der Waals surface area contributed by atoms with E-state index in [-0.39, 0.29) is 23.6 Å². The van der Waals surface area contributed by atoms with Crippen LogP contribution in [0.4, 0.5) is 0 Å². The van der Waals surface area contributed by atoms with Crippen molar-refractivity contribution in [2.24, 2.45) is 0 Å². The molecule has 0 radical (unpaired) electrons.